The first-order chi connectivity index (χ1) is 12.3. The van der Waals surface area contributed by atoms with Crippen molar-refractivity contribution >= 4 is 21.7 Å². The van der Waals surface area contributed by atoms with Crippen molar-refractivity contribution in [1.29, 1.82) is 0 Å². The predicted octanol–water partition coefficient (Wildman–Crippen LogP) is 1.46. The van der Waals surface area contributed by atoms with E-state index in [0.717, 1.165) is 24.2 Å². The highest BCUT2D eigenvalue weighted by Gasteiger charge is 2.29. The third kappa shape index (κ3) is 4.70. The minimum Gasteiger partial charge on any atom is -0.361 e. The van der Waals surface area contributed by atoms with E-state index in [4.69, 9.17) is 4.52 Å². The van der Waals surface area contributed by atoms with E-state index in [-0.39, 0.29) is 30.0 Å². The minimum atomic E-state index is -3.19. The van der Waals surface area contributed by atoms with Gasteiger partial charge in [0, 0.05) is 29.8 Å². The number of rotatable bonds is 7. The molecule has 2 atom stereocenters. The summed E-state index contributed by atoms with van der Waals surface area (Å²) in [6, 6.07) is 3.46. The number of carbonyl (C=O) groups is 1. The van der Waals surface area contributed by atoms with Crippen LogP contribution in [0.25, 0.3) is 0 Å². The van der Waals surface area contributed by atoms with E-state index in [2.05, 4.69) is 25.4 Å². The molecule has 3 N–H and O–H groups in total. The second-order valence-corrected chi connectivity index (χ2v) is 8.64. The Balaban J connectivity index is 1.54. The fourth-order valence-corrected chi connectivity index (χ4v) is 4.05. The maximum atomic E-state index is 12.0. The van der Waals surface area contributed by atoms with Crippen LogP contribution in [-0.2, 0) is 21.2 Å². The van der Waals surface area contributed by atoms with Crippen LogP contribution in [0.5, 0.6) is 0 Å². The number of aromatic amines is 1. The molecule has 0 aliphatic heterocycles. The molecule has 10 heteroatoms. The Kier molecular flexibility index (Phi) is 5.42. The number of aromatic nitrogens is 3. The highest BCUT2D eigenvalue weighted by atomic mass is 32.2. The molecular weight excluding hydrogens is 358 g/mol. The van der Waals surface area contributed by atoms with Crippen LogP contribution in [0.2, 0.25) is 0 Å². The number of anilines is 1. The van der Waals surface area contributed by atoms with Crippen molar-refractivity contribution in [1.82, 2.24) is 20.1 Å². The first kappa shape index (κ1) is 18.6. The van der Waals surface area contributed by atoms with Crippen molar-refractivity contribution < 1.29 is 17.7 Å². The summed E-state index contributed by atoms with van der Waals surface area (Å²) in [6.07, 6.45) is 2.46. The molecule has 9 nitrogen and oxygen atoms in total. The zero-order valence-electron chi connectivity index (χ0n) is 14.8. The van der Waals surface area contributed by atoms with Gasteiger partial charge < -0.3 is 9.84 Å². The van der Waals surface area contributed by atoms with Crippen molar-refractivity contribution in [3.8, 4) is 0 Å². The molecule has 3 rings (SSSR count). The van der Waals surface area contributed by atoms with Gasteiger partial charge in [0.05, 0.1) is 17.9 Å². The number of hydrogen-bond acceptors (Lipinski definition) is 6. The number of sulfonamides is 1. The molecule has 2 aromatic rings. The Bertz CT molecular complexity index is 873. The van der Waals surface area contributed by atoms with Crippen molar-refractivity contribution in [2.45, 2.75) is 51.5 Å². The zero-order chi connectivity index (χ0) is 18.7. The highest BCUT2D eigenvalue weighted by molar-refractivity contribution is 7.89. The molecule has 2 heterocycles. The van der Waals surface area contributed by atoms with Crippen molar-refractivity contribution in [2.24, 2.45) is 0 Å². The molecular formula is C16H23N5O4S. The number of nitrogens with one attached hydrogen (secondary N) is 3. The predicted molar refractivity (Wildman–Crippen MR) is 95.1 cm³/mol. The summed E-state index contributed by atoms with van der Waals surface area (Å²) in [7, 11) is -3.19. The van der Waals surface area contributed by atoms with Gasteiger partial charge in [-0.15, -0.1) is 0 Å². The van der Waals surface area contributed by atoms with Gasteiger partial charge in [0.15, 0.2) is 5.82 Å². The van der Waals surface area contributed by atoms with Crippen molar-refractivity contribution in [2.75, 3.05) is 11.1 Å². The van der Waals surface area contributed by atoms with Crippen LogP contribution in [0.3, 0.4) is 0 Å². The Morgan fingerprint density at radius 2 is 2.19 bits per heavy atom. The van der Waals surface area contributed by atoms with Gasteiger partial charge in [-0.2, -0.15) is 5.10 Å². The van der Waals surface area contributed by atoms with Crippen LogP contribution >= 0.6 is 0 Å². The van der Waals surface area contributed by atoms with Crippen LogP contribution in [-0.4, -0.2) is 41.5 Å². The molecule has 0 spiro atoms. The topological polar surface area (TPSA) is 130 Å². The Morgan fingerprint density at radius 1 is 1.38 bits per heavy atom. The molecule has 1 saturated carbocycles. The monoisotopic (exact) mass is 381 g/mol. The number of H-pyrrole nitrogens is 1. The summed E-state index contributed by atoms with van der Waals surface area (Å²) in [5, 5.41) is 13.5. The molecule has 0 saturated heterocycles. The first-order valence-corrected chi connectivity index (χ1v) is 10.3. The SMILES string of the molecule is CCS(=O)(=O)N[C@@H]1CC[C@H](c2cc(NC(=O)Cc3cc(C)no3)n[nH]2)C1. The standard InChI is InChI=1S/C16H23N5O4S/c1-3-26(23,24)21-12-5-4-11(7-12)14-9-15(19-18-14)17-16(22)8-13-6-10(2)20-25-13/h6,9,11-12,21H,3-5,7-8H2,1-2H3,(H2,17,18,19,22)/t11-,12+/m0/s1. The lowest BCUT2D eigenvalue weighted by atomic mass is 10.0. The van der Waals surface area contributed by atoms with Gasteiger partial charge in [0.2, 0.25) is 15.9 Å². The molecule has 0 aromatic carbocycles. The Morgan fingerprint density at radius 3 is 2.88 bits per heavy atom. The van der Waals surface area contributed by atoms with Crippen LogP contribution in [0.15, 0.2) is 16.7 Å². The summed E-state index contributed by atoms with van der Waals surface area (Å²) in [6.45, 7) is 3.42. The van der Waals surface area contributed by atoms with E-state index in [1.807, 2.05) is 0 Å². The molecule has 2 aromatic heterocycles. The minimum absolute atomic E-state index is 0.0546. The van der Waals surface area contributed by atoms with Crippen LogP contribution in [0.1, 0.15) is 49.3 Å². The van der Waals surface area contributed by atoms with E-state index < -0.39 is 10.0 Å². The number of nitrogens with zero attached hydrogens (tertiary/aromatic N) is 2. The fraction of sp³-hybridized carbons (Fsp3) is 0.562. The highest BCUT2D eigenvalue weighted by Crippen LogP contribution is 2.34. The lowest BCUT2D eigenvalue weighted by molar-refractivity contribution is -0.115. The summed E-state index contributed by atoms with van der Waals surface area (Å²) < 4.78 is 31.1. The first-order valence-electron chi connectivity index (χ1n) is 8.62. The van der Waals surface area contributed by atoms with Gasteiger partial charge in [-0.05, 0) is 33.1 Å². The maximum Gasteiger partial charge on any atom is 0.233 e. The summed E-state index contributed by atoms with van der Waals surface area (Å²) in [4.78, 5) is 12.0. The maximum absolute atomic E-state index is 12.0. The average molecular weight is 381 g/mol. The molecule has 26 heavy (non-hydrogen) atoms. The van der Waals surface area contributed by atoms with E-state index >= 15 is 0 Å². The molecule has 142 valence electrons. The Hall–Kier alpha value is -2.20. The number of carbonyl (C=O) groups excluding carboxylic acids is 1. The summed E-state index contributed by atoms with van der Waals surface area (Å²) in [5.41, 5.74) is 1.62. The van der Waals surface area contributed by atoms with Crippen LogP contribution in [0, 0.1) is 6.92 Å². The van der Waals surface area contributed by atoms with E-state index in [0.29, 0.717) is 18.0 Å². The molecule has 1 aliphatic carbocycles. The van der Waals surface area contributed by atoms with Gasteiger partial charge in [-0.25, -0.2) is 13.1 Å². The second kappa shape index (κ2) is 7.58. The number of hydrogen-bond donors (Lipinski definition) is 3. The molecule has 1 fully saturated rings. The van der Waals surface area contributed by atoms with Crippen LogP contribution < -0.4 is 10.0 Å². The molecule has 0 bridgehead atoms. The smallest absolute Gasteiger partial charge is 0.233 e. The molecule has 1 amide bonds. The molecule has 1 aliphatic rings. The lowest BCUT2D eigenvalue weighted by Crippen LogP contribution is -2.34. The van der Waals surface area contributed by atoms with Crippen molar-refractivity contribution in [3.05, 3.63) is 29.3 Å². The van der Waals surface area contributed by atoms with Crippen molar-refractivity contribution in [3.63, 3.8) is 0 Å². The second-order valence-electron chi connectivity index (χ2n) is 6.60. The Labute approximate surface area is 152 Å². The summed E-state index contributed by atoms with van der Waals surface area (Å²) in [5.74, 6) is 0.976. The van der Waals surface area contributed by atoms with Gasteiger partial charge in [0.1, 0.15) is 5.76 Å². The van der Waals surface area contributed by atoms with Gasteiger partial charge in [-0.3, -0.25) is 9.89 Å². The zero-order valence-corrected chi connectivity index (χ0v) is 15.6. The van der Waals surface area contributed by atoms with Gasteiger partial charge in [0.25, 0.3) is 0 Å². The van der Waals surface area contributed by atoms with E-state index in [9.17, 15) is 13.2 Å². The van der Waals surface area contributed by atoms with E-state index in [1.165, 1.54) is 0 Å². The summed E-state index contributed by atoms with van der Waals surface area (Å²) >= 11 is 0. The van der Waals surface area contributed by atoms with Gasteiger partial charge in [-0.1, -0.05) is 5.16 Å². The molecule has 0 radical (unpaired) electrons. The van der Waals surface area contributed by atoms with Crippen LogP contribution in [0.4, 0.5) is 5.82 Å². The largest absolute Gasteiger partial charge is 0.361 e. The number of aryl methyl sites for hydroxylation is 1. The third-order valence-electron chi connectivity index (χ3n) is 4.48. The normalized spacial score (nSPS) is 20.4. The molecule has 0 unspecified atom stereocenters. The fourth-order valence-electron chi connectivity index (χ4n) is 3.16. The average Bonchev–Trinajstić information content (AvgIpc) is 3.29. The quantitative estimate of drug-likeness (QED) is 0.666. The number of amides is 1. The third-order valence-corrected chi connectivity index (χ3v) is 5.93. The van der Waals surface area contributed by atoms with Gasteiger partial charge >= 0.3 is 0 Å². The van der Waals surface area contributed by atoms with E-state index in [1.54, 1.807) is 26.0 Å². The lowest BCUT2D eigenvalue weighted by Gasteiger charge is -2.12.